The number of ether oxygens (including phenoxy) is 1. The van der Waals surface area contributed by atoms with Gasteiger partial charge in [0.15, 0.2) is 5.82 Å². The highest BCUT2D eigenvalue weighted by Gasteiger charge is 2.22. The van der Waals surface area contributed by atoms with Crippen LogP contribution >= 0.6 is 11.6 Å². The van der Waals surface area contributed by atoms with E-state index in [4.69, 9.17) is 16.3 Å². The molecule has 3 nitrogen and oxygen atoms in total. The Morgan fingerprint density at radius 2 is 2.05 bits per heavy atom. The fourth-order valence-electron chi connectivity index (χ4n) is 1.92. The number of rotatable bonds is 4. The predicted octanol–water partition coefficient (Wildman–Crippen LogP) is 3.48. The maximum Gasteiger partial charge on any atom is 0.153 e. The van der Waals surface area contributed by atoms with E-state index in [-0.39, 0.29) is 11.4 Å². The Hall–Kier alpha value is -1.20. The Morgan fingerprint density at radius 1 is 1.37 bits per heavy atom. The second-order valence-electron chi connectivity index (χ2n) is 4.97. The van der Waals surface area contributed by atoms with Crippen molar-refractivity contribution in [3.8, 4) is 0 Å². The van der Waals surface area contributed by atoms with Crippen molar-refractivity contribution in [2.45, 2.75) is 31.9 Å². The van der Waals surface area contributed by atoms with Crippen molar-refractivity contribution in [2.24, 2.45) is 0 Å². The van der Waals surface area contributed by atoms with Crippen molar-refractivity contribution >= 4 is 22.6 Å². The van der Waals surface area contributed by atoms with Gasteiger partial charge in [0.1, 0.15) is 17.2 Å². The molecule has 1 aromatic carbocycles. The number of benzene rings is 1. The summed E-state index contributed by atoms with van der Waals surface area (Å²) in [5.74, 6) is -0.709. The third kappa shape index (κ3) is 2.72. The molecular formula is C13H15ClF2N2O. The Labute approximate surface area is 115 Å². The minimum absolute atomic E-state index is 0.121. The topological polar surface area (TPSA) is 27.1 Å². The van der Waals surface area contributed by atoms with Gasteiger partial charge in [0.25, 0.3) is 0 Å². The molecule has 0 fully saturated rings. The van der Waals surface area contributed by atoms with Crippen molar-refractivity contribution in [1.29, 1.82) is 0 Å². The molecule has 1 heterocycles. The van der Waals surface area contributed by atoms with E-state index in [0.717, 1.165) is 6.07 Å². The first-order chi connectivity index (χ1) is 8.88. The Bertz CT molecular complexity index is 610. The molecule has 0 radical (unpaired) electrons. The zero-order chi connectivity index (χ0) is 14.2. The van der Waals surface area contributed by atoms with Crippen LogP contribution in [0.1, 0.15) is 19.7 Å². The molecular weight excluding hydrogens is 274 g/mol. The van der Waals surface area contributed by atoms with Crippen LogP contribution in [0.4, 0.5) is 8.78 Å². The van der Waals surface area contributed by atoms with E-state index in [9.17, 15) is 8.78 Å². The molecule has 1 aromatic heterocycles. The number of methoxy groups -OCH3 is 1. The molecule has 2 aromatic rings. The van der Waals surface area contributed by atoms with Crippen LogP contribution < -0.4 is 0 Å². The summed E-state index contributed by atoms with van der Waals surface area (Å²) in [4.78, 5) is 4.12. The normalized spacial score (nSPS) is 12.3. The minimum atomic E-state index is -0.685. The van der Waals surface area contributed by atoms with Crippen LogP contribution in [0.2, 0.25) is 0 Å². The molecule has 0 bridgehead atoms. The number of nitrogens with zero attached hydrogens (tertiary/aromatic N) is 2. The van der Waals surface area contributed by atoms with Crippen molar-refractivity contribution in [1.82, 2.24) is 9.55 Å². The number of hydrogen-bond acceptors (Lipinski definition) is 2. The summed E-state index contributed by atoms with van der Waals surface area (Å²) >= 11 is 5.83. The molecule has 0 aliphatic rings. The van der Waals surface area contributed by atoms with Crippen molar-refractivity contribution in [3.05, 3.63) is 29.6 Å². The molecule has 0 N–H and O–H groups in total. The van der Waals surface area contributed by atoms with Gasteiger partial charge in [-0.1, -0.05) is 0 Å². The first-order valence-electron chi connectivity index (χ1n) is 5.83. The number of imidazole rings is 1. The first kappa shape index (κ1) is 14.2. The largest absolute Gasteiger partial charge is 0.377 e. The molecule has 19 heavy (non-hydrogen) atoms. The molecule has 0 unspecified atom stereocenters. The van der Waals surface area contributed by atoms with Crippen molar-refractivity contribution in [2.75, 3.05) is 7.11 Å². The lowest BCUT2D eigenvalue weighted by Gasteiger charge is -2.24. The second kappa shape index (κ2) is 5.06. The summed E-state index contributed by atoms with van der Waals surface area (Å²) in [6.45, 7) is 4.17. The monoisotopic (exact) mass is 288 g/mol. The highest BCUT2D eigenvalue weighted by molar-refractivity contribution is 6.16. The van der Waals surface area contributed by atoms with Crippen LogP contribution in [-0.2, 0) is 17.2 Å². The lowest BCUT2D eigenvalue weighted by molar-refractivity contribution is 0.00853. The molecule has 0 spiro atoms. The lowest BCUT2D eigenvalue weighted by Crippen LogP contribution is -2.29. The number of fused-ring (bicyclic) bond motifs is 1. The minimum Gasteiger partial charge on any atom is -0.377 e. The van der Waals surface area contributed by atoms with Crippen molar-refractivity contribution < 1.29 is 13.5 Å². The quantitative estimate of drug-likeness (QED) is 0.806. The van der Waals surface area contributed by atoms with Gasteiger partial charge in [-0.3, -0.25) is 0 Å². The standard InChI is InChI=1S/C13H15ClF2N2O/c1-13(2,19-3)7-18-10-5-8(15)4-9(16)12(10)17-11(18)6-14/h4-5H,6-7H2,1-3H3. The summed E-state index contributed by atoms with van der Waals surface area (Å²) in [6, 6.07) is 2.08. The average molecular weight is 289 g/mol. The van der Waals surface area contributed by atoms with Crippen LogP contribution in [0.15, 0.2) is 12.1 Å². The van der Waals surface area contributed by atoms with Crippen LogP contribution in [0.25, 0.3) is 11.0 Å². The maximum absolute atomic E-state index is 13.7. The summed E-state index contributed by atoms with van der Waals surface area (Å²) in [5.41, 5.74) is 0.0271. The smallest absolute Gasteiger partial charge is 0.153 e. The summed E-state index contributed by atoms with van der Waals surface area (Å²) in [7, 11) is 1.58. The van der Waals surface area contributed by atoms with Gasteiger partial charge in [-0.2, -0.15) is 0 Å². The van der Waals surface area contributed by atoms with Gasteiger partial charge in [0, 0.05) is 13.2 Å². The van der Waals surface area contributed by atoms with E-state index in [1.807, 2.05) is 13.8 Å². The molecule has 0 saturated heterocycles. The maximum atomic E-state index is 13.7. The van der Waals surface area contributed by atoms with E-state index in [1.165, 1.54) is 6.07 Å². The van der Waals surface area contributed by atoms with E-state index in [0.29, 0.717) is 17.9 Å². The third-order valence-corrected chi connectivity index (χ3v) is 3.30. The molecule has 0 amide bonds. The van der Waals surface area contributed by atoms with E-state index in [2.05, 4.69) is 4.98 Å². The molecule has 0 aliphatic heterocycles. The number of hydrogen-bond donors (Lipinski definition) is 0. The number of alkyl halides is 1. The summed E-state index contributed by atoms with van der Waals surface area (Å²) in [6.07, 6.45) is 0. The molecule has 2 rings (SSSR count). The Morgan fingerprint density at radius 3 is 2.63 bits per heavy atom. The SMILES string of the molecule is COC(C)(C)Cn1c(CCl)nc2c(F)cc(F)cc21. The number of aromatic nitrogens is 2. The van der Waals surface area contributed by atoms with Crippen LogP contribution in [0, 0.1) is 11.6 Å². The van der Waals surface area contributed by atoms with Crippen LogP contribution in [-0.4, -0.2) is 22.3 Å². The van der Waals surface area contributed by atoms with Gasteiger partial charge in [0.05, 0.1) is 23.5 Å². The van der Waals surface area contributed by atoms with E-state index >= 15 is 0 Å². The molecule has 6 heteroatoms. The van der Waals surface area contributed by atoms with Crippen LogP contribution in [0.5, 0.6) is 0 Å². The summed E-state index contributed by atoms with van der Waals surface area (Å²) in [5, 5.41) is 0. The molecule has 0 aliphatic carbocycles. The lowest BCUT2D eigenvalue weighted by atomic mass is 10.1. The first-order valence-corrected chi connectivity index (χ1v) is 6.36. The van der Waals surface area contributed by atoms with E-state index < -0.39 is 17.2 Å². The predicted molar refractivity (Wildman–Crippen MR) is 70.3 cm³/mol. The fraction of sp³-hybridized carbons (Fsp3) is 0.462. The van der Waals surface area contributed by atoms with Gasteiger partial charge < -0.3 is 9.30 Å². The Kier molecular flexibility index (Phi) is 3.78. The average Bonchev–Trinajstić information content (AvgIpc) is 2.67. The molecule has 0 atom stereocenters. The van der Waals surface area contributed by atoms with Gasteiger partial charge in [-0.25, -0.2) is 13.8 Å². The van der Waals surface area contributed by atoms with Gasteiger partial charge >= 0.3 is 0 Å². The zero-order valence-corrected chi connectivity index (χ0v) is 11.8. The zero-order valence-electron chi connectivity index (χ0n) is 11.0. The summed E-state index contributed by atoms with van der Waals surface area (Å²) < 4.78 is 34.1. The van der Waals surface area contributed by atoms with Crippen LogP contribution in [0.3, 0.4) is 0 Å². The Balaban J connectivity index is 2.63. The van der Waals surface area contributed by atoms with Crippen molar-refractivity contribution in [3.63, 3.8) is 0 Å². The molecule has 0 saturated carbocycles. The van der Waals surface area contributed by atoms with Gasteiger partial charge in [-0.15, -0.1) is 11.6 Å². The van der Waals surface area contributed by atoms with E-state index in [1.54, 1.807) is 11.7 Å². The fourth-order valence-corrected chi connectivity index (χ4v) is 2.13. The highest BCUT2D eigenvalue weighted by Crippen LogP contribution is 2.24. The number of halogens is 3. The van der Waals surface area contributed by atoms with Gasteiger partial charge in [-0.05, 0) is 19.9 Å². The second-order valence-corrected chi connectivity index (χ2v) is 5.23. The third-order valence-electron chi connectivity index (χ3n) is 3.06. The van der Waals surface area contributed by atoms with Gasteiger partial charge in [0.2, 0.25) is 0 Å². The molecule has 104 valence electrons. The highest BCUT2D eigenvalue weighted by atomic mass is 35.5.